The van der Waals surface area contributed by atoms with Gasteiger partial charge in [0.05, 0.1) is 0 Å². The van der Waals surface area contributed by atoms with Gasteiger partial charge >= 0.3 is 17.4 Å². The quantitative estimate of drug-likeness (QED) is 0.256. The van der Waals surface area contributed by atoms with Gasteiger partial charge in [-0.25, -0.2) is 0 Å². The molecule has 0 fully saturated rings. The van der Waals surface area contributed by atoms with Crippen molar-refractivity contribution in [2.24, 2.45) is 0 Å². The first-order valence-corrected chi connectivity index (χ1v) is 3.72. The number of hydrogen-bond acceptors (Lipinski definition) is 0. The van der Waals surface area contributed by atoms with Crippen molar-refractivity contribution in [2.45, 2.75) is 40.0 Å². The van der Waals surface area contributed by atoms with E-state index < -0.39 is 0 Å². The van der Waals surface area contributed by atoms with Crippen molar-refractivity contribution in [1.82, 2.24) is 0 Å². The van der Waals surface area contributed by atoms with Gasteiger partial charge < -0.3 is 26.2 Å². The van der Waals surface area contributed by atoms with Crippen molar-refractivity contribution in [3.63, 3.8) is 0 Å². The average molecular weight is 166 g/mol. The van der Waals surface area contributed by atoms with Crippen LogP contribution in [0.5, 0.6) is 0 Å². The van der Waals surface area contributed by atoms with Gasteiger partial charge in [0.15, 0.2) is 0 Å². The van der Waals surface area contributed by atoms with Gasteiger partial charge in [-0.2, -0.15) is 13.8 Å². The molecule has 0 aromatic rings. The van der Waals surface area contributed by atoms with Gasteiger partial charge in [-0.05, 0) is 12.8 Å². The van der Waals surface area contributed by atoms with Crippen LogP contribution in [0, 0.1) is 26.2 Å². The fraction of sp³-hybridized carbons (Fsp3) is 0.600. The Kier molecular flexibility index (Phi) is 102. The Morgan fingerprint density at radius 3 is 1.64 bits per heavy atom. The Bertz CT molecular complexity index is 52.4. The Morgan fingerprint density at radius 2 is 1.55 bits per heavy atom. The third-order valence-corrected chi connectivity index (χ3v) is 0.655. The van der Waals surface area contributed by atoms with E-state index in [4.69, 9.17) is 6.42 Å². The van der Waals surface area contributed by atoms with Crippen LogP contribution in [-0.4, -0.2) is 17.4 Å². The van der Waals surface area contributed by atoms with E-state index >= 15 is 0 Å². The van der Waals surface area contributed by atoms with Crippen LogP contribution in [-0.2, 0) is 0 Å². The van der Waals surface area contributed by atoms with Crippen LogP contribution in [0.15, 0.2) is 0 Å². The maximum Gasteiger partial charge on any atom is 3.00 e. The van der Waals surface area contributed by atoms with Crippen LogP contribution >= 0.6 is 0 Å². The minimum atomic E-state index is 0. The second-order valence-electron chi connectivity index (χ2n) is 1.28. The number of unbranched alkanes of at least 4 members (excludes halogenated alkanes) is 2. The average Bonchev–Trinajstić information content (AvgIpc) is 2.08. The fourth-order valence-corrected chi connectivity index (χ4v) is 0.265. The van der Waals surface area contributed by atoms with E-state index in [1.807, 2.05) is 0 Å². The smallest absolute Gasteiger partial charge is 0.694 e. The van der Waals surface area contributed by atoms with E-state index in [0.29, 0.717) is 0 Å². The maximum absolute atomic E-state index is 6.46. The Hall–Kier alpha value is 0.0925. The molecule has 0 aliphatic heterocycles. The molecule has 0 N–H and O–H groups in total. The van der Waals surface area contributed by atoms with Crippen LogP contribution in [0.25, 0.3) is 0 Å². The molecule has 0 bridgehead atoms. The minimum absolute atomic E-state index is 0. The molecule has 0 atom stereocenters. The molecule has 0 unspecified atom stereocenters. The zero-order valence-electron chi connectivity index (χ0n) is 8.11. The summed E-state index contributed by atoms with van der Waals surface area (Å²) in [5, 5.41) is 0. The molecular weight excluding hydrogens is 147 g/mol. The summed E-state index contributed by atoms with van der Waals surface area (Å²) in [7, 11) is 0. The van der Waals surface area contributed by atoms with E-state index in [9.17, 15) is 0 Å². The molecule has 0 heterocycles. The molecule has 11 heavy (non-hydrogen) atoms. The monoisotopic (exact) mass is 166 g/mol. The van der Waals surface area contributed by atoms with Crippen LogP contribution in [0.4, 0.5) is 0 Å². The third-order valence-electron chi connectivity index (χ3n) is 0.655. The molecule has 0 aromatic carbocycles. The second-order valence-corrected chi connectivity index (χ2v) is 1.28. The summed E-state index contributed by atoms with van der Waals surface area (Å²) in [5.41, 5.74) is 0. The number of hydrogen-bond donors (Lipinski definition) is 0. The first-order valence-electron chi connectivity index (χ1n) is 3.72. The Labute approximate surface area is 83.9 Å². The standard InChI is InChI=1S/C6H9.2C2H5.Al/c1-3-5-6-4-2;2*1-2;/h3,5-6H2,1H3;2*1H2,2H3;/q3*-1;+3. The van der Waals surface area contributed by atoms with Crippen LogP contribution in [0.1, 0.15) is 40.0 Å². The van der Waals surface area contributed by atoms with Gasteiger partial charge in [0.1, 0.15) is 0 Å². The van der Waals surface area contributed by atoms with Crippen molar-refractivity contribution in [1.29, 1.82) is 0 Å². The molecule has 0 amide bonds. The Morgan fingerprint density at radius 1 is 1.18 bits per heavy atom. The summed E-state index contributed by atoms with van der Waals surface area (Å²) in [6.07, 6.45) is 9.57. The largest absolute Gasteiger partial charge is 3.00 e. The van der Waals surface area contributed by atoms with Crippen molar-refractivity contribution in [3.8, 4) is 5.92 Å². The first-order chi connectivity index (χ1) is 4.91. The minimum Gasteiger partial charge on any atom is -0.694 e. The summed E-state index contributed by atoms with van der Waals surface area (Å²) >= 11 is 0. The van der Waals surface area contributed by atoms with Gasteiger partial charge in [0.2, 0.25) is 0 Å². The summed E-state index contributed by atoms with van der Waals surface area (Å²) in [5.74, 6) is 2.32. The van der Waals surface area contributed by atoms with Gasteiger partial charge in [-0.15, -0.1) is 0 Å². The van der Waals surface area contributed by atoms with Crippen molar-refractivity contribution in [3.05, 3.63) is 20.3 Å². The van der Waals surface area contributed by atoms with Crippen LogP contribution in [0.2, 0.25) is 0 Å². The predicted octanol–water partition coefficient (Wildman–Crippen LogP) is 3.07. The van der Waals surface area contributed by atoms with Crippen molar-refractivity contribution >= 4 is 17.4 Å². The molecule has 0 aliphatic rings. The van der Waals surface area contributed by atoms with Gasteiger partial charge in [-0.3, -0.25) is 0 Å². The summed E-state index contributed by atoms with van der Waals surface area (Å²) < 4.78 is 0. The van der Waals surface area contributed by atoms with Gasteiger partial charge in [-0.1, -0.05) is 13.3 Å². The maximum atomic E-state index is 6.46. The van der Waals surface area contributed by atoms with Crippen molar-refractivity contribution in [2.75, 3.05) is 0 Å². The Balaban J connectivity index is -0.0000000428. The van der Waals surface area contributed by atoms with Crippen molar-refractivity contribution < 1.29 is 0 Å². The van der Waals surface area contributed by atoms with Crippen LogP contribution < -0.4 is 0 Å². The third kappa shape index (κ3) is 69.1. The zero-order valence-corrected chi connectivity index (χ0v) is 9.27. The zero-order chi connectivity index (χ0) is 8.83. The van der Waals surface area contributed by atoms with E-state index in [-0.39, 0.29) is 17.4 Å². The van der Waals surface area contributed by atoms with Crippen LogP contribution in [0.3, 0.4) is 0 Å². The molecule has 0 aliphatic carbocycles. The normalized spacial score (nSPS) is 5.09. The molecule has 0 radical (unpaired) electrons. The van der Waals surface area contributed by atoms with E-state index in [1.165, 1.54) is 6.42 Å². The molecule has 62 valence electrons. The summed E-state index contributed by atoms with van der Waals surface area (Å²) in [4.78, 5) is 0. The molecule has 0 nitrogen and oxygen atoms in total. The molecule has 0 rings (SSSR count). The van der Waals surface area contributed by atoms with E-state index in [2.05, 4.69) is 26.7 Å². The first kappa shape index (κ1) is 22.5. The van der Waals surface area contributed by atoms with E-state index in [1.54, 1.807) is 13.8 Å². The molecule has 1 heteroatoms. The second kappa shape index (κ2) is 49.8. The molecular formula is C10H19Al. The molecule has 0 spiro atoms. The predicted molar refractivity (Wildman–Crippen MR) is 54.5 cm³/mol. The van der Waals surface area contributed by atoms with Gasteiger partial charge in [0, 0.05) is 0 Å². The van der Waals surface area contributed by atoms with E-state index in [0.717, 1.165) is 12.8 Å². The topological polar surface area (TPSA) is 0 Å². The molecule has 0 aromatic heterocycles. The SMILES string of the molecule is [Al+3].[C-]#CCCCC.[CH2-]C.[CH2-]C. The van der Waals surface area contributed by atoms with Gasteiger partial charge in [0.25, 0.3) is 0 Å². The molecule has 0 saturated carbocycles. The summed E-state index contributed by atoms with van der Waals surface area (Å²) in [6.45, 7) is 12.1. The number of rotatable bonds is 2. The summed E-state index contributed by atoms with van der Waals surface area (Å²) in [6, 6.07) is 0. The molecule has 0 saturated heterocycles. The fourth-order valence-electron chi connectivity index (χ4n) is 0.265.